The molecule has 1 aromatic rings. The van der Waals surface area contributed by atoms with Gasteiger partial charge in [0, 0.05) is 12.2 Å². The Labute approximate surface area is 75.1 Å². The fourth-order valence-electron chi connectivity index (χ4n) is 0.830. The molecule has 0 fully saturated rings. The molecular formula is C7H11BFN2P. The van der Waals surface area contributed by atoms with E-state index in [4.69, 9.17) is 7.85 Å². The average molecular weight is 184 g/mol. The maximum Gasteiger partial charge on any atom is 0.136 e. The van der Waals surface area contributed by atoms with Gasteiger partial charge in [-0.3, -0.25) is 4.68 Å². The molecule has 0 saturated heterocycles. The third-order valence-corrected chi connectivity index (χ3v) is 1.83. The van der Waals surface area contributed by atoms with Crippen LogP contribution in [0.4, 0.5) is 4.39 Å². The summed E-state index contributed by atoms with van der Waals surface area (Å²) in [6.07, 6.45) is 1.71. The molecule has 2 nitrogen and oxygen atoms in total. The normalized spacial score (nSPS) is 16.4. The molecule has 0 saturated carbocycles. The molecule has 2 unspecified atom stereocenters. The number of nitrogens with zero attached hydrogens (tertiary/aromatic N) is 2. The molecule has 1 rings (SSSR count). The van der Waals surface area contributed by atoms with Crippen molar-refractivity contribution in [2.24, 2.45) is 0 Å². The molecule has 12 heavy (non-hydrogen) atoms. The molecule has 1 heterocycles. The summed E-state index contributed by atoms with van der Waals surface area (Å²) in [5.74, 6) is 0. The van der Waals surface area contributed by atoms with Crippen LogP contribution < -0.4 is 0 Å². The van der Waals surface area contributed by atoms with Crippen molar-refractivity contribution in [2.45, 2.75) is 25.2 Å². The first-order valence-electron chi connectivity index (χ1n) is 3.73. The molecule has 0 aliphatic heterocycles. The summed E-state index contributed by atoms with van der Waals surface area (Å²) in [6, 6.07) is 1.80. The molecule has 0 amide bonds. The third kappa shape index (κ3) is 2.07. The van der Waals surface area contributed by atoms with Crippen LogP contribution in [-0.4, -0.2) is 17.6 Å². The highest BCUT2D eigenvalue weighted by atomic mass is 31.0. The van der Waals surface area contributed by atoms with Crippen molar-refractivity contribution >= 4 is 17.1 Å². The first-order valence-corrected chi connectivity index (χ1v) is 4.31. The molecule has 0 aromatic carbocycles. The number of hydrogen-bond acceptors (Lipinski definition) is 1. The standard InChI is InChI=1S/C7H11BFN2P/c1-5(2)11-4-3-6(10-11)7(8,9)12/h3-5H,12H2,1-2H3. The van der Waals surface area contributed by atoms with Crippen LogP contribution in [0.25, 0.3) is 0 Å². The van der Waals surface area contributed by atoms with Crippen molar-refractivity contribution in [3.63, 3.8) is 0 Å². The molecule has 0 bridgehead atoms. The van der Waals surface area contributed by atoms with Gasteiger partial charge in [-0.05, 0) is 19.9 Å². The predicted molar refractivity (Wildman–Crippen MR) is 50.9 cm³/mol. The van der Waals surface area contributed by atoms with Gasteiger partial charge >= 0.3 is 0 Å². The van der Waals surface area contributed by atoms with Crippen LogP contribution in [0.2, 0.25) is 0 Å². The molecular weight excluding hydrogens is 173 g/mol. The van der Waals surface area contributed by atoms with Crippen molar-refractivity contribution in [2.75, 3.05) is 0 Å². The second-order valence-corrected chi connectivity index (χ2v) is 3.88. The van der Waals surface area contributed by atoms with E-state index in [2.05, 4.69) is 5.10 Å². The van der Waals surface area contributed by atoms with Crippen LogP contribution in [0, 0.1) is 0 Å². The number of aromatic nitrogens is 2. The van der Waals surface area contributed by atoms with Gasteiger partial charge in [-0.15, -0.1) is 9.24 Å². The second kappa shape index (κ2) is 3.17. The van der Waals surface area contributed by atoms with E-state index < -0.39 is 5.31 Å². The smallest absolute Gasteiger partial charge is 0.136 e. The molecule has 5 heteroatoms. The highest BCUT2D eigenvalue weighted by molar-refractivity contribution is 7.21. The highest BCUT2D eigenvalue weighted by Crippen LogP contribution is 2.27. The minimum absolute atomic E-state index is 0.228. The highest BCUT2D eigenvalue weighted by Gasteiger charge is 2.21. The molecule has 2 atom stereocenters. The van der Waals surface area contributed by atoms with Crippen LogP contribution >= 0.6 is 9.24 Å². The lowest BCUT2D eigenvalue weighted by Crippen LogP contribution is -2.12. The zero-order valence-electron chi connectivity index (χ0n) is 7.16. The van der Waals surface area contributed by atoms with Crippen LogP contribution in [0.5, 0.6) is 0 Å². The molecule has 64 valence electrons. The molecule has 0 spiro atoms. The lowest BCUT2D eigenvalue weighted by Gasteiger charge is -2.11. The van der Waals surface area contributed by atoms with Gasteiger partial charge in [0.15, 0.2) is 0 Å². The summed E-state index contributed by atoms with van der Waals surface area (Å²) in [5.41, 5.74) is 0.237. The summed E-state index contributed by atoms with van der Waals surface area (Å²) >= 11 is 0. The fourth-order valence-corrected chi connectivity index (χ4v) is 0.984. The van der Waals surface area contributed by atoms with E-state index in [1.54, 1.807) is 16.9 Å². The Hall–Kier alpha value is -0.365. The molecule has 0 aliphatic rings. The SMILES string of the molecule is [B]C(F)(P)c1ccn(C(C)C)n1. The van der Waals surface area contributed by atoms with E-state index in [0.29, 0.717) is 0 Å². The third-order valence-electron chi connectivity index (χ3n) is 1.53. The van der Waals surface area contributed by atoms with E-state index in [-0.39, 0.29) is 11.7 Å². The van der Waals surface area contributed by atoms with Gasteiger partial charge in [0.2, 0.25) is 0 Å². The topological polar surface area (TPSA) is 17.8 Å². The quantitative estimate of drug-likeness (QED) is 0.504. The maximum atomic E-state index is 13.1. The van der Waals surface area contributed by atoms with Gasteiger partial charge in [-0.2, -0.15) is 5.10 Å². The summed E-state index contributed by atoms with van der Waals surface area (Å²) < 4.78 is 14.7. The zero-order chi connectivity index (χ0) is 9.35. The Balaban J connectivity index is 2.92. The van der Waals surface area contributed by atoms with Gasteiger partial charge in [0.25, 0.3) is 0 Å². The fraction of sp³-hybridized carbons (Fsp3) is 0.571. The summed E-state index contributed by atoms with van der Waals surface area (Å²) in [5, 5.41) is 2.06. The first kappa shape index (κ1) is 9.72. The summed E-state index contributed by atoms with van der Waals surface area (Å²) in [6.45, 7) is 3.94. The molecule has 0 aliphatic carbocycles. The Kier molecular flexibility index (Phi) is 2.57. The number of alkyl halides is 1. The van der Waals surface area contributed by atoms with Crippen LogP contribution in [-0.2, 0) is 5.31 Å². The van der Waals surface area contributed by atoms with Crippen molar-refractivity contribution in [1.82, 2.24) is 9.78 Å². The van der Waals surface area contributed by atoms with Gasteiger partial charge in [-0.1, -0.05) is 0 Å². The van der Waals surface area contributed by atoms with Crippen molar-refractivity contribution < 1.29 is 4.39 Å². The second-order valence-electron chi connectivity index (χ2n) is 3.04. The van der Waals surface area contributed by atoms with E-state index in [9.17, 15) is 4.39 Å². The monoisotopic (exact) mass is 184 g/mol. The first-order chi connectivity index (χ1) is 5.41. The Morgan fingerprint density at radius 1 is 1.75 bits per heavy atom. The average Bonchev–Trinajstić information content (AvgIpc) is 2.30. The minimum Gasteiger partial charge on any atom is -0.270 e. The molecule has 0 N–H and O–H groups in total. The van der Waals surface area contributed by atoms with Crippen LogP contribution in [0.1, 0.15) is 25.6 Å². The Morgan fingerprint density at radius 3 is 2.58 bits per heavy atom. The lowest BCUT2D eigenvalue weighted by molar-refractivity contribution is 0.395. The van der Waals surface area contributed by atoms with Crippen molar-refractivity contribution in [1.29, 1.82) is 0 Å². The molecule has 1 aromatic heterocycles. The Morgan fingerprint density at radius 2 is 2.33 bits per heavy atom. The predicted octanol–water partition coefficient (Wildman–Crippen LogP) is 1.59. The maximum absolute atomic E-state index is 13.1. The van der Waals surface area contributed by atoms with Crippen LogP contribution in [0.15, 0.2) is 12.3 Å². The largest absolute Gasteiger partial charge is 0.270 e. The Bertz CT molecular complexity index is 267. The lowest BCUT2D eigenvalue weighted by atomic mass is 9.98. The number of hydrogen-bond donors (Lipinski definition) is 0. The van der Waals surface area contributed by atoms with Gasteiger partial charge in [0.1, 0.15) is 13.2 Å². The van der Waals surface area contributed by atoms with E-state index >= 15 is 0 Å². The zero-order valence-corrected chi connectivity index (χ0v) is 8.31. The van der Waals surface area contributed by atoms with Crippen molar-refractivity contribution in [3.05, 3.63) is 18.0 Å². The van der Waals surface area contributed by atoms with E-state index in [1.165, 1.54) is 0 Å². The van der Waals surface area contributed by atoms with Crippen LogP contribution in [0.3, 0.4) is 0 Å². The van der Waals surface area contributed by atoms with E-state index in [1.807, 2.05) is 23.1 Å². The van der Waals surface area contributed by atoms with Gasteiger partial charge in [0.05, 0.1) is 5.69 Å². The minimum atomic E-state index is -1.92. The van der Waals surface area contributed by atoms with E-state index in [0.717, 1.165) is 0 Å². The summed E-state index contributed by atoms with van der Waals surface area (Å²) in [4.78, 5) is 0. The van der Waals surface area contributed by atoms with Gasteiger partial charge < -0.3 is 0 Å². The van der Waals surface area contributed by atoms with Gasteiger partial charge in [-0.25, -0.2) is 4.39 Å². The van der Waals surface area contributed by atoms with Crippen molar-refractivity contribution in [3.8, 4) is 0 Å². The molecule has 2 radical (unpaired) electrons. The number of rotatable bonds is 2. The summed E-state index contributed by atoms with van der Waals surface area (Å²) in [7, 11) is 7.10. The number of halogens is 1.